The number of carboxylic acids is 2. The van der Waals surface area contributed by atoms with Crippen molar-refractivity contribution in [2.75, 3.05) is 19.0 Å². The first-order valence-corrected chi connectivity index (χ1v) is 15.5. The highest BCUT2D eigenvalue weighted by atomic mass is 19.1. The molecule has 0 bridgehead atoms. The number of carbonyl (C=O) groups excluding carboxylic acids is 2. The van der Waals surface area contributed by atoms with E-state index < -0.39 is 41.3 Å². The largest absolute Gasteiger partial charge is 0.497 e. The molecule has 5 aromatic rings. The number of carbonyl (C=O) groups is 4. The van der Waals surface area contributed by atoms with Gasteiger partial charge in [-0.3, -0.25) is 24.0 Å². The number of nitrogens with zero attached hydrogens (tertiary/aromatic N) is 3. The van der Waals surface area contributed by atoms with E-state index in [0.29, 0.717) is 45.9 Å². The molecule has 0 aliphatic carbocycles. The Labute approximate surface area is 295 Å². The topological polar surface area (TPSA) is 214 Å². The molecule has 270 valence electrons. The summed E-state index contributed by atoms with van der Waals surface area (Å²) in [6.07, 6.45) is 2.01. The number of esters is 1. The molecule has 0 fully saturated rings. The standard InChI is InChI=1S/C32H30FN5O6.C4H4O4/c1-19(43-29(39)17-34)18-37-20(2)30(32(41)38(37)22-7-5-4-6-8-22)31(40)36-21-9-12-28(25(33)15-21)44-27-13-14-35-26-16-23(42-3)10-11-24(26)27;5-3(6)1-2-4(7)8/h4-16,19H,17-18,34H2,1-3H3,(H,36,40);1-2H,(H,5,6)(H,7,8). The Kier molecular flexibility index (Phi) is 12.6. The van der Waals surface area contributed by atoms with Crippen LogP contribution in [0.3, 0.4) is 0 Å². The van der Waals surface area contributed by atoms with Crippen LogP contribution in [-0.2, 0) is 25.7 Å². The molecule has 3 aromatic carbocycles. The molecule has 2 aromatic heterocycles. The molecule has 1 amide bonds. The zero-order chi connectivity index (χ0) is 37.9. The molecule has 5 N–H and O–H groups in total. The number of aromatic nitrogens is 3. The van der Waals surface area contributed by atoms with E-state index in [2.05, 4.69) is 10.3 Å². The van der Waals surface area contributed by atoms with Crippen LogP contribution >= 0.6 is 0 Å². The summed E-state index contributed by atoms with van der Waals surface area (Å²) in [5.74, 6) is -3.63. The molecule has 16 heteroatoms. The van der Waals surface area contributed by atoms with Gasteiger partial charge in [0, 0.05) is 41.6 Å². The van der Waals surface area contributed by atoms with Crippen molar-refractivity contribution in [1.82, 2.24) is 14.3 Å². The molecule has 1 atom stereocenters. The number of anilines is 1. The van der Waals surface area contributed by atoms with Crippen LogP contribution in [0.5, 0.6) is 17.2 Å². The van der Waals surface area contributed by atoms with Gasteiger partial charge in [-0.25, -0.2) is 18.7 Å². The Morgan fingerprint density at radius 1 is 0.981 bits per heavy atom. The molecule has 0 saturated heterocycles. The fraction of sp³-hybridized carbons (Fsp3) is 0.167. The molecule has 1 unspecified atom stereocenters. The van der Waals surface area contributed by atoms with Crippen LogP contribution in [0.15, 0.2) is 95.9 Å². The zero-order valence-corrected chi connectivity index (χ0v) is 28.1. The molecule has 2 heterocycles. The molecule has 5 rings (SSSR count). The second kappa shape index (κ2) is 17.2. The molecule has 0 saturated carbocycles. The molecular weight excluding hydrogens is 681 g/mol. The molecule has 0 aliphatic rings. The number of rotatable bonds is 12. The van der Waals surface area contributed by atoms with E-state index in [1.807, 2.05) is 0 Å². The number of halogens is 1. The highest BCUT2D eigenvalue weighted by Crippen LogP contribution is 2.33. The molecule has 52 heavy (non-hydrogen) atoms. The monoisotopic (exact) mass is 715 g/mol. The second-order valence-electron chi connectivity index (χ2n) is 10.9. The van der Waals surface area contributed by atoms with Crippen LogP contribution in [-0.4, -0.2) is 68.1 Å². The number of ether oxygens (including phenoxy) is 3. The minimum absolute atomic E-state index is 0.0684. The van der Waals surface area contributed by atoms with E-state index in [9.17, 15) is 24.0 Å². The first-order valence-electron chi connectivity index (χ1n) is 15.5. The lowest BCUT2D eigenvalue weighted by Gasteiger charge is -2.18. The van der Waals surface area contributed by atoms with E-state index >= 15 is 4.39 Å². The Morgan fingerprint density at radius 2 is 1.67 bits per heavy atom. The summed E-state index contributed by atoms with van der Waals surface area (Å²) in [6, 6.07) is 19.6. The molecule has 0 spiro atoms. The number of para-hydroxylation sites is 1. The van der Waals surface area contributed by atoms with Crippen molar-refractivity contribution >= 4 is 40.4 Å². The summed E-state index contributed by atoms with van der Waals surface area (Å²) in [6.45, 7) is 3.05. The van der Waals surface area contributed by atoms with Gasteiger partial charge in [0.25, 0.3) is 11.5 Å². The van der Waals surface area contributed by atoms with Crippen molar-refractivity contribution in [3.8, 4) is 22.9 Å². The number of amides is 1. The highest BCUT2D eigenvalue weighted by molar-refractivity contribution is 6.05. The maximum absolute atomic E-state index is 15.2. The minimum Gasteiger partial charge on any atom is -0.497 e. The van der Waals surface area contributed by atoms with Gasteiger partial charge >= 0.3 is 17.9 Å². The van der Waals surface area contributed by atoms with Gasteiger partial charge < -0.3 is 35.5 Å². The summed E-state index contributed by atoms with van der Waals surface area (Å²) in [4.78, 5) is 62.2. The van der Waals surface area contributed by atoms with E-state index in [0.717, 1.165) is 6.07 Å². The fourth-order valence-electron chi connectivity index (χ4n) is 4.94. The third kappa shape index (κ3) is 9.45. The lowest BCUT2D eigenvalue weighted by Crippen LogP contribution is -2.30. The van der Waals surface area contributed by atoms with Crippen LogP contribution in [0.1, 0.15) is 23.0 Å². The van der Waals surface area contributed by atoms with Gasteiger partial charge in [0.05, 0.1) is 37.1 Å². The van der Waals surface area contributed by atoms with E-state index in [-0.39, 0.29) is 30.1 Å². The van der Waals surface area contributed by atoms with Crippen molar-refractivity contribution < 1.29 is 48.0 Å². The number of aliphatic carboxylic acids is 2. The summed E-state index contributed by atoms with van der Waals surface area (Å²) in [7, 11) is 1.55. The van der Waals surface area contributed by atoms with Gasteiger partial charge in [0.15, 0.2) is 11.6 Å². The Bertz CT molecular complexity index is 2180. The molecule has 0 aliphatic heterocycles. The van der Waals surface area contributed by atoms with Gasteiger partial charge in [0.1, 0.15) is 23.2 Å². The number of benzene rings is 3. The first kappa shape index (κ1) is 38.0. The summed E-state index contributed by atoms with van der Waals surface area (Å²) in [5, 5.41) is 18.9. The molecule has 15 nitrogen and oxygen atoms in total. The van der Waals surface area contributed by atoms with Crippen LogP contribution in [0.4, 0.5) is 10.1 Å². The number of pyridine rings is 1. The minimum atomic E-state index is -1.26. The summed E-state index contributed by atoms with van der Waals surface area (Å²) in [5.41, 5.74) is 6.19. The number of nitrogens with one attached hydrogen (secondary N) is 1. The Hall–Kier alpha value is -6.81. The van der Waals surface area contributed by atoms with Gasteiger partial charge in [-0.15, -0.1) is 0 Å². The van der Waals surface area contributed by atoms with Crippen molar-refractivity contribution in [1.29, 1.82) is 0 Å². The number of nitrogens with two attached hydrogens (primary N) is 1. The van der Waals surface area contributed by atoms with Crippen molar-refractivity contribution in [3.05, 3.63) is 119 Å². The number of carboxylic acid groups (broad SMARTS) is 2. The lowest BCUT2D eigenvalue weighted by atomic mass is 10.2. The van der Waals surface area contributed by atoms with E-state index in [4.69, 9.17) is 30.2 Å². The van der Waals surface area contributed by atoms with Gasteiger partial charge in [-0.2, -0.15) is 0 Å². The van der Waals surface area contributed by atoms with Crippen LogP contribution in [0.2, 0.25) is 0 Å². The Morgan fingerprint density at radius 3 is 2.29 bits per heavy atom. The van der Waals surface area contributed by atoms with Crippen molar-refractivity contribution in [2.24, 2.45) is 5.73 Å². The summed E-state index contributed by atoms with van der Waals surface area (Å²) < 4.78 is 34.5. The number of methoxy groups -OCH3 is 1. The van der Waals surface area contributed by atoms with Crippen LogP contribution < -0.4 is 26.1 Å². The van der Waals surface area contributed by atoms with Gasteiger partial charge in [-0.1, -0.05) is 18.2 Å². The molecule has 0 radical (unpaired) electrons. The SMILES string of the molecule is COc1ccc2c(Oc3ccc(NC(=O)c4c(C)n(CC(C)OC(=O)CN)n(-c5ccccc5)c4=O)cc3F)ccnc2c1.O=C(O)C=CC(=O)O. The average Bonchev–Trinajstić information content (AvgIpc) is 3.36. The zero-order valence-electron chi connectivity index (χ0n) is 28.1. The smallest absolute Gasteiger partial charge is 0.328 e. The predicted octanol–water partition coefficient (Wildman–Crippen LogP) is 4.29. The normalized spacial score (nSPS) is 11.3. The lowest BCUT2D eigenvalue weighted by molar-refractivity contribution is -0.147. The van der Waals surface area contributed by atoms with Gasteiger partial charge in [0.2, 0.25) is 0 Å². The van der Waals surface area contributed by atoms with Crippen LogP contribution in [0.25, 0.3) is 16.6 Å². The fourth-order valence-corrected chi connectivity index (χ4v) is 4.94. The second-order valence-corrected chi connectivity index (χ2v) is 10.9. The maximum atomic E-state index is 15.2. The van der Waals surface area contributed by atoms with Crippen molar-refractivity contribution in [2.45, 2.75) is 26.5 Å². The maximum Gasteiger partial charge on any atom is 0.328 e. The third-order valence-corrected chi connectivity index (χ3v) is 7.24. The van der Waals surface area contributed by atoms with Crippen molar-refractivity contribution in [3.63, 3.8) is 0 Å². The quantitative estimate of drug-likeness (QED) is 0.105. The van der Waals surface area contributed by atoms with E-state index in [1.165, 1.54) is 16.8 Å². The summed E-state index contributed by atoms with van der Waals surface area (Å²) >= 11 is 0. The number of hydrogen-bond donors (Lipinski definition) is 4. The number of fused-ring (bicyclic) bond motifs is 1. The Balaban J connectivity index is 0.000000677. The molecular formula is C36H34FN5O10. The van der Waals surface area contributed by atoms with Gasteiger partial charge in [-0.05, 0) is 56.3 Å². The third-order valence-electron chi connectivity index (χ3n) is 7.24. The van der Waals surface area contributed by atoms with E-state index in [1.54, 1.807) is 86.4 Å². The average molecular weight is 716 g/mol. The van der Waals surface area contributed by atoms with Crippen LogP contribution in [0, 0.1) is 12.7 Å². The number of hydrogen-bond acceptors (Lipinski definition) is 10. The highest BCUT2D eigenvalue weighted by Gasteiger charge is 2.26. The first-order chi connectivity index (χ1) is 24.8. The predicted molar refractivity (Wildman–Crippen MR) is 187 cm³/mol.